The number of carbonyl (C=O) groups is 1. The van der Waals surface area contributed by atoms with Crippen LogP contribution in [0.15, 0.2) is 9.59 Å². The number of hydrogen-bond donors (Lipinski definition) is 1. The number of carbonyl (C=O) groups excluding carboxylic acids is 1. The summed E-state index contributed by atoms with van der Waals surface area (Å²) in [6.07, 6.45) is 2.80. The van der Waals surface area contributed by atoms with Gasteiger partial charge in [0.15, 0.2) is 5.78 Å². The molecule has 0 amide bonds. The molecule has 0 aromatic carbocycles. The van der Waals surface area contributed by atoms with Gasteiger partial charge in [0.2, 0.25) is 0 Å². The predicted molar refractivity (Wildman–Crippen MR) is 89.8 cm³/mol. The second-order valence-electron chi connectivity index (χ2n) is 6.44. The molecule has 0 bridgehead atoms. The standard InChI is InChI=1S/C16H26N4O3/c1-4-7-20-14(17)13(15(22)18(3)16(20)23)12(21)10-19-8-5-11(2)6-9-19/h11H,4-10,17H2,1-3H3. The maximum absolute atomic E-state index is 12.6. The average Bonchev–Trinajstić information content (AvgIpc) is 2.52. The maximum Gasteiger partial charge on any atom is 0.332 e. The van der Waals surface area contributed by atoms with Gasteiger partial charge in [0, 0.05) is 13.6 Å². The molecule has 0 unspecified atom stereocenters. The van der Waals surface area contributed by atoms with E-state index >= 15 is 0 Å². The van der Waals surface area contributed by atoms with Crippen molar-refractivity contribution in [3.05, 3.63) is 26.4 Å². The van der Waals surface area contributed by atoms with Crippen LogP contribution in [0.3, 0.4) is 0 Å². The molecule has 1 aromatic heterocycles. The van der Waals surface area contributed by atoms with Gasteiger partial charge in [-0.1, -0.05) is 13.8 Å². The Hall–Kier alpha value is -1.89. The van der Waals surface area contributed by atoms with Crippen LogP contribution in [0.5, 0.6) is 0 Å². The number of nitrogens with zero attached hydrogens (tertiary/aromatic N) is 3. The average molecular weight is 322 g/mol. The molecular formula is C16H26N4O3. The van der Waals surface area contributed by atoms with Gasteiger partial charge >= 0.3 is 5.69 Å². The molecule has 1 fully saturated rings. The van der Waals surface area contributed by atoms with E-state index in [1.54, 1.807) is 0 Å². The molecule has 2 heterocycles. The quantitative estimate of drug-likeness (QED) is 0.795. The zero-order valence-electron chi connectivity index (χ0n) is 14.2. The van der Waals surface area contributed by atoms with Crippen molar-refractivity contribution in [3.8, 4) is 0 Å². The van der Waals surface area contributed by atoms with Gasteiger partial charge in [0.05, 0.1) is 6.54 Å². The van der Waals surface area contributed by atoms with Gasteiger partial charge < -0.3 is 5.73 Å². The lowest BCUT2D eigenvalue weighted by Gasteiger charge is -2.29. The summed E-state index contributed by atoms with van der Waals surface area (Å²) in [5.41, 5.74) is 4.85. The highest BCUT2D eigenvalue weighted by molar-refractivity contribution is 6.01. The Bertz CT molecular complexity index is 697. The van der Waals surface area contributed by atoms with Gasteiger partial charge in [-0.25, -0.2) is 4.79 Å². The van der Waals surface area contributed by atoms with E-state index in [1.165, 1.54) is 11.6 Å². The number of nitrogen functional groups attached to an aromatic ring is 1. The van der Waals surface area contributed by atoms with Crippen LogP contribution in [0.2, 0.25) is 0 Å². The molecule has 2 N–H and O–H groups in total. The predicted octanol–water partition coefficient (Wildman–Crippen LogP) is 0.454. The third-order valence-electron chi connectivity index (χ3n) is 4.55. The van der Waals surface area contributed by atoms with Crippen LogP contribution < -0.4 is 17.0 Å². The summed E-state index contributed by atoms with van der Waals surface area (Å²) in [7, 11) is 1.38. The molecule has 1 saturated heterocycles. The lowest BCUT2D eigenvalue weighted by molar-refractivity contribution is 0.0897. The Morgan fingerprint density at radius 1 is 1.26 bits per heavy atom. The summed E-state index contributed by atoms with van der Waals surface area (Å²) in [5, 5.41) is 0. The van der Waals surface area contributed by atoms with Crippen molar-refractivity contribution in [2.45, 2.75) is 39.7 Å². The van der Waals surface area contributed by atoms with Crippen LogP contribution in [0.1, 0.15) is 43.5 Å². The van der Waals surface area contributed by atoms with Gasteiger partial charge in [0.1, 0.15) is 11.4 Å². The topological polar surface area (TPSA) is 90.3 Å². The molecule has 2 rings (SSSR count). The molecule has 7 nitrogen and oxygen atoms in total. The molecule has 1 aliphatic rings. The lowest BCUT2D eigenvalue weighted by Crippen LogP contribution is -2.45. The number of nitrogens with two attached hydrogens (primary N) is 1. The highest BCUT2D eigenvalue weighted by Gasteiger charge is 2.24. The highest BCUT2D eigenvalue weighted by Crippen LogP contribution is 2.16. The molecule has 0 atom stereocenters. The largest absolute Gasteiger partial charge is 0.384 e. The number of piperidine rings is 1. The number of likely N-dealkylation sites (tertiary alicyclic amines) is 1. The molecule has 7 heteroatoms. The van der Waals surface area contributed by atoms with E-state index in [2.05, 4.69) is 11.8 Å². The number of ketones is 1. The van der Waals surface area contributed by atoms with Crippen molar-refractivity contribution >= 4 is 11.6 Å². The Morgan fingerprint density at radius 2 is 1.87 bits per heavy atom. The first-order valence-electron chi connectivity index (χ1n) is 8.21. The Morgan fingerprint density at radius 3 is 2.43 bits per heavy atom. The van der Waals surface area contributed by atoms with Gasteiger partial charge in [-0.3, -0.25) is 23.6 Å². The summed E-state index contributed by atoms with van der Waals surface area (Å²) >= 11 is 0. The Balaban J connectivity index is 2.33. The van der Waals surface area contributed by atoms with Crippen LogP contribution in [-0.2, 0) is 13.6 Å². The second kappa shape index (κ2) is 7.12. The second-order valence-corrected chi connectivity index (χ2v) is 6.44. The highest BCUT2D eigenvalue weighted by atomic mass is 16.2. The molecule has 1 aliphatic heterocycles. The van der Waals surface area contributed by atoms with Gasteiger partial charge in [-0.2, -0.15) is 0 Å². The smallest absolute Gasteiger partial charge is 0.332 e. The summed E-state index contributed by atoms with van der Waals surface area (Å²) in [4.78, 5) is 39.1. The van der Waals surface area contributed by atoms with Crippen molar-refractivity contribution in [2.24, 2.45) is 13.0 Å². The fourth-order valence-electron chi connectivity index (χ4n) is 2.99. The number of anilines is 1. The van der Waals surface area contributed by atoms with Crippen LogP contribution in [0, 0.1) is 5.92 Å². The fraction of sp³-hybridized carbons (Fsp3) is 0.688. The van der Waals surface area contributed by atoms with E-state index in [0.29, 0.717) is 18.9 Å². The van der Waals surface area contributed by atoms with E-state index < -0.39 is 11.2 Å². The molecule has 1 aromatic rings. The minimum atomic E-state index is -0.602. The van der Waals surface area contributed by atoms with Crippen LogP contribution in [0.4, 0.5) is 5.82 Å². The van der Waals surface area contributed by atoms with Crippen molar-refractivity contribution in [1.29, 1.82) is 0 Å². The normalized spacial score (nSPS) is 16.7. The van der Waals surface area contributed by atoms with E-state index in [1.807, 2.05) is 6.92 Å². The van der Waals surface area contributed by atoms with Crippen LogP contribution in [-0.4, -0.2) is 39.5 Å². The van der Waals surface area contributed by atoms with Gasteiger partial charge in [0.25, 0.3) is 5.56 Å². The van der Waals surface area contributed by atoms with Crippen molar-refractivity contribution in [3.63, 3.8) is 0 Å². The van der Waals surface area contributed by atoms with Crippen LogP contribution in [0.25, 0.3) is 0 Å². The first-order chi connectivity index (χ1) is 10.9. The zero-order chi connectivity index (χ0) is 17.1. The molecule has 0 spiro atoms. The number of rotatable bonds is 5. The third kappa shape index (κ3) is 3.55. The summed E-state index contributed by atoms with van der Waals surface area (Å²) in [5.74, 6) is 0.364. The first-order valence-corrected chi connectivity index (χ1v) is 8.21. The Labute approximate surface area is 135 Å². The van der Waals surface area contributed by atoms with Crippen molar-refractivity contribution in [2.75, 3.05) is 25.4 Å². The maximum atomic E-state index is 12.6. The monoisotopic (exact) mass is 322 g/mol. The van der Waals surface area contributed by atoms with E-state index in [4.69, 9.17) is 5.73 Å². The van der Waals surface area contributed by atoms with E-state index in [-0.39, 0.29) is 23.7 Å². The first kappa shape index (κ1) is 17.5. The number of aromatic nitrogens is 2. The van der Waals surface area contributed by atoms with Gasteiger partial charge in [-0.15, -0.1) is 0 Å². The molecule has 0 aliphatic carbocycles. The number of hydrogen-bond acceptors (Lipinski definition) is 5. The van der Waals surface area contributed by atoms with Crippen molar-refractivity contribution in [1.82, 2.24) is 14.0 Å². The molecular weight excluding hydrogens is 296 g/mol. The molecule has 23 heavy (non-hydrogen) atoms. The fourth-order valence-corrected chi connectivity index (χ4v) is 2.99. The van der Waals surface area contributed by atoms with Crippen molar-refractivity contribution < 1.29 is 4.79 Å². The van der Waals surface area contributed by atoms with E-state index in [0.717, 1.165) is 30.5 Å². The molecule has 128 valence electrons. The lowest BCUT2D eigenvalue weighted by atomic mass is 9.99. The number of Topliss-reactive ketones (excluding diaryl/α,β-unsaturated/α-hetero) is 1. The summed E-state index contributed by atoms with van der Waals surface area (Å²) in [6, 6.07) is 0. The summed E-state index contributed by atoms with van der Waals surface area (Å²) < 4.78 is 2.28. The minimum Gasteiger partial charge on any atom is -0.384 e. The van der Waals surface area contributed by atoms with Crippen LogP contribution >= 0.6 is 0 Å². The molecule has 0 saturated carbocycles. The molecule has 0 radical (unpaired) electrons. The summed E-state index contributed by atoms with van der Waals surface area (Å²) in [6.45, 7) is 6.38. The SMILES string of the molecule is CCCn1c(N)c(C(=O)CN2CCC(C)CC2)c(=O)n(C)c1=O. The minimum absolute atomic E-state index is 0.00433. The Kier molecular flexibility index (Phi) is 5.41. The van der Waals surface area contributed by atoms with E-state index in [9.17, 15) is 14.4 Å². The third-order valence-corrected chi connectivity index (χ3v) is 4.55. The zero-order valence-corrected chi connectivity index (χ0v) is 14.2. The van der Waals surface area contributed by atoms with Gasteiger partial charge in [-0.05, 0) is 38.3 Å².